The van der Waals surface area contributed by atoms with Crippen molar-refractivity contribution in [1.82, 2.24) is 10.2 Å². The van der Waals surface area contributed by atoms with E-state index < -0.39 is 28.5 Å². The third-order valence-electron chi connectivity index (χ3n) is 5.00. The molecule has 0 unspecified atom stereocenters. The van der Waals surface area contributed by atoms with Crippen LogP contribution in [0.1, 0.15) is 25.0 Å². The summed E-state index contributed by atoms with van der Waals surface area (Å²) in [7, 11) is -2.23. The standard InChI is InChI=1S/C22H28BrN3O4S/c1-5-18-8-6-7-9-20(18)26(31(4,29)30)15-21(27)25(16(2)22(28)24-3)14-17-10-12-19(23)13-11-17/h6-13,16H,5,14-15H2,1-4H3,(H,24,28)/t16-/m1/s1. The lowest BCUT2D eigenvalue weighted by molar-refractivity contribution is -0.139. The molecule has 2 amide bonds. The lowest BCUT2D eigenvalue weighted by Crippen LogP contribution is -2.50. The largest absolute Gasteiger partial charge is 0.357 e. The van der Waals surface area contributed by atoms with Crippen molar-refractivity contribution in [3.63, 3.8) is 0 Å². The van der Waals surface area contributed by atoms with Crippen LogP contribution in [0.25, 0.3) is 0 Å². The maximum absolute atomic E-state index is 13.3. The number of anilines is 1. The van der Waals surface area contributed by atoms with Gasteiger partial charge < -0.3 is 10.2 Å². The molecular formula is C22H28BrN3O4S. The van der Waals surface area contributed by atoms with Gasteiger partial charge in [0.15, 0.2) is 0 Å². The number of para-hydroxylation sites is 1. The third-order valence-corrected chi connectivity index (χ3v) is 6.66. The van der Waals surface area contributed by atoms with E-state index in [0.717, 1.165) is 26.2 Å². The number of halogens is 1. The summed E-state index contributed by atoms with van der Waals surface area (Å²) >= 11 is 3.38. The number of nitrogens with zero attached hydrogens (tertiary/aromatic N) is 2. The summed E-state index contributed by atoms with van der Waals surface area (Å²) in [6, 6.07) is 13.7. The predicted octanol–water partition coefficient (Wildman–Crippen LogP) is 2.94. The number of carbonyl (C=O) groups excluding carboxylic acids is 2. The number of aryl methyl sites for hydroxylation is 1. The minimum Gasteiger partial charge on any atom is -0.357 e. The molecule has 7 nitrogen and oxygen atoms in total. The van der Waals surface area contributed by atoms with Crippen molar-refractivity contribution in [2.24, 2.45) is 0 Å². The van der Waals surface area contributed by atoms with Gasteiger partial charge in [0.25, 0.3) is 0 Å². The average molecular weight is 510 g/mol. The molecule has 1 atom stereocenters. The number of likely N-dealkylation sites (N-methyl/N-ethyl adjacent to an activating group) is 1. The molecule has 1 N–H and O–H groups in total. The van der Waals surface area contributed by atoms with Crippen LogP contribution in [0.3, 0.4) is 0 Å². The summed E-state index contributed by atoms with van der Waals surface area (Å²) < 4.78 is 27.2. The van der Waals surface area contributed by atoms with Gasteiger partial charge in [-0.05, 0) is 42.7 Å². The van der Waals surface area contributed by atoms with Crippen molar-refractivity contribution >= 4 is 43.5 Å². The Balaban J connectivity index is 2.41. The zero-order valence-corrected chi connectivity index (χ0v) is 20.5. The Kier molecular flexibility index (Phi) is 8.64. The van der Waals surface area contributed by atoms with E-state index in [1.54, 1.807) is 19.1 Å². The number of sulfonamides is 1. The molecule has 0 spiro atoms. The molecule has 0 aliphatic rings. The Hall–Kier alpha value is -2.39. The van der Waals surface area contributed by atoms with Crippen LogP contribution in [0.2, 0.25) is 0 Å². The Morgan fingerprint density at radius 3 is 2.26 bits per heavy atom. The molecule has 168 valence electrons. The van der Waals surface area contributed by atoms with Crippen LogP contribution in [0.5, 0.6) is 0 Å². The molecule has 0 saturated carbocycles. The molecule has 9 heteroatoms. The molecule has 0 heterocycles. The summed E-state index contributed by atoms with van der Waals surface area (Å²) in [5, 5.41) is 2.56. The number of benzene rings is 2. The van der Waals surface area contributed by atoms with Crippen molar-refractivity contribution in [2.45, 2.75) is 32.9 Å². The van der Waals surface area contributed by atoms with E-state index in [1.807, 2.05) is 43.3 Å². The monoisotopic (exact) mass is 509 g/mol. The first kappa shape index (κ1) is 24.9. The summed E-state index contributed by atoms with van der Waals surface area (Å²) in [5.74, 6) is -0.791. The molecule has 0 saturated heterocycles. The second-order valence-corrected chi connectivity index (χ2v) is 10.0. The van der Waals surface area contributed by atoms with Gasteiger partial charge in [0.2, 0.25) is 21.8 Å². The van der Waals surface area contributed by atoms with Gasteiger partial charge in [-0.1, -0.05) is 53.2 Å². The van der Waals surface area contributed by atoms with E-state index in [2.05, 4.69) is 21.2 Å². The van der Waals surface area contributed by atoms with Crippen molar-refractivity contribution in [3.8, 4) is 0 Å². The second kappa shape index (κ2) is 10.8. The molecule has 0 fully saturated rings. The zero-order chi connectivity index (χ0) is 23.2. The van der Waals surface area contributed by atoms with Gasteiger partial charge in [0, 0.05) is 18.1 Å². The molecule has 0 aliphatic carbocycles. The fourth-order valence-corrected chi connectivity index (χ4v) is 4.37. The van der Waals surface area contributed by atoms with Gasteiger partial charge in [-0.15, -0.1) is 0 Å². The lowest BCUT2D eigenvalue weighted by atomic mass is 10.1. The molecule has 0 bridgehead atoms. The van der Waals surface area contributed by atoms with Crippen LogP contribution < -0.4 is 9.62 Å². The van der Waals surface area contributed by atoms with Crippen molar-refractivity contribution < 1.29 is 18.0 Å². The predicted molar refractivity (Wildman–Crippen MR) is 126 cm³/mol. The maximum Gasteiger partial charge on any atom is 0.244 e. The minimum absolute atomic E-state index is 0.174. The number of carbonyl (C=O) groups is 2. The molecule has 0 aliphatic heterocycles. The fraction of sp³-hybridized carbons (Fsp3) is 0.364. The number of amides is 2. The topological polar surface area (TPSA) is 86.8 Å². The maximum atomic E-state index is 13.3. The first-order chi connectivity index (χ1) is 14.6. The van der Waals surface area contributed by atoms with E-state index in [4.69, 9.17) is 0 Å². The summed E-state index contributed by atoms with van der Waals surface area (Å²) in [6.45, 7) is 3.33. The van der Waals surface area contributed by atoms with Crippen LogP contribution in [-0.4, -0.2) is 51.0 Å². The average Bonchev–Trinajstić information content (AvgIpc) is 2.75. The quantitative estimate of drug-likeness (QED) is 0.562. The zero-order valence-electron chi connectivity index (χ0n) is 18.1. The Morgan fingerprint density at radius 2 is 1.71 bits per heavy atom. The molecule has 2 rings (SSSR count). The number of hydrogen-bond acceptors (Lipinski definition) is 4. The number of hydrogen-bond donors (Lipinski definition) is 1. The van der Waals surface area contributed by atoms with Gasteiger partial charge in [-0.2, -0.15) is 0 Å². The lowest BCUT2D eigenvalue weighted by Gasteiger charge is -2.31. The van der Waals surface area contributed by atoms with Gasteiger partial charge in [-0.25, -0.2) is 8.42 Å². The van der Waals surface area contributed by atoms with E-state index in [-0.39, 0.29) is 12.5 Å². The van der Waals surface area contributed by atoms with Crippen LogP contribution >= 0.6 is 15.9 Å². The molecule has 0 radical (unpaired) electrons. The van der Waals surface area contributed by atoms with Gasteiger partial charge in [0.1, 0.15) is 12.6 Å². The number of nitrogens with one attached hydrogen (secondary N) is 1. The smallest absolute Gasteiger partial charge is 0.244 e. The molecule has 2 aromatic carbocycles. The second-order valence-electron chi connectivity index (χ2n) is 7.19. The molecular weight excluding hydrogens is 482 g/mol. The van der Waals surface area contributed by atoms with Crippen LogP contribution in [0.15, 0.2) is 53.0 Å². The van der Waals surface area contributed by atoms with Gasteiger partial charge >= 0.3 is 0 Å². The summed E-state index contributed by atoms with van der Waals surface area (Å²) in [6.07, 6.45) is 1.70. The SMILES string of the molecule is CCc1ccccc1N(CC(=O)N(Cc1ccc(Br)cc1)[C@H](C)C(=O)NC)S(C)(=O)=O. The summed E-state index contributed by atoms with van der Waals surface area (Å²) in [5.41, 5.74) is 2.11. The van der Waals surface area contributed by atoms with E-state index in [1.165, 1.54) is 11.9 Å². The first-order valence-corrected chi connectivity index (χ1v) is 12.5. The van der Waals surface area contributed by atoms with Gasteiger partial charge in [-0.3, -0.25) is 13.9 Å². The Labute approximate surface area is 192 Å². The van der Waals surface area contributed by atoms with E-state index in [0.29, 0.717) is 12.1 Å². The van der Waals surface area contributed by atoms with Crippen molar-refractivity contribution in [1.29, 1.82) is 0 Å². The van der Waals surface area contributed by atoms with Gasteiger partial charge in [0.05, 0.1) is 11.9 Å². The highest BCUT2D eigenvalue weighted by Crippen LogP contribution is 2.24. The van der Waals surface area contributed by atoms with Crippen molar-refractivity contribution in [3.05, 3.63) is 64.1 Å². The normalized spacial score (nSPS) is 12.2. The summed E-state index contributed by atoms with van der Waals surface area (Å²) in [4.78, 5) is 27.0. The molecule has 0 aromatic heterocycles. The van der Waals surface area contributed by atoms with E-state index >= 15 is 0 Å². The fourth-order valence-electron chi connectivity index (χ4n) is 3.23. The van der Waals surface area contributed by atoms with E-state index in [9.17, 15) is 18.0 Å². The molecule has 2 aromatic rings. The van der Waals surface area contributed by atoms with Crippen LogP contribution in [0, 0.1) is 0 Å². The minimum atomic E-state index is -3.73. The first-order valence-electron chi connectivity index (χ1n) is 9.89. The van der Waals surface area contributed by atoms with Crippen LogP contribution in [0.4, 0.5) is 5.69 Å². The Bertz CT molecular complexity index is 1030. The highest BCUT2D eigenvalue weighted by Gasteiger charge is 2.30. The molecule has 31 heavy (non-hydrogen) atoms. The van der Waals surface area contributed by atoms with Crippen LogP contribution in [-0.2, 0) is 32.6 Å². The highest BCUT2D eigenvalue weighted by molar-refractivity contribution is 9.10. The number of rotatable bonds is 9. The third kappa shape index (κ3) is 6.54. The highest BCUT2D eigenvalue weighted by atomic mass is 79.9. The van der Waals surface area contributed by atoms with Crippen molar-refractivity contribution in [2.75, 3.05) is 24.2 Å². The Morgan fingerprint density at radius 1 is 1.10 bits per heavy atom.